The Balaban J connectivity index is 2.61. The summed E-state index contributed by atoms with van der Waals surface area (Å²) in [5, 5.41) is 3.97. The average molecular weight is 175 g/mol. The standard InChI is InChI=1S/C8H9N5/c1-2-10-7-6-3-9-4-11-8(6)13-5-12-7/h3-5H,2H2,1H3,(H,9,10,11,12,13). The topological polar surface area (TPSA) is 63.6 Å². The van der Waals surface area contributed by atoms with Crippen LogP contribution in [-0.4, -0.2) is 26.5 Å². The van der Waals surface area contributed by atoms with Gasteiger partial charge in [-0.1, -0.05) is 0 Å². The van der Waals surface area contributed by atoms with Gasteiger partial charge in [-0.25, -0.2) is 19.9 Å². The second-order valence-electron chi connectivity index (χ2n) is 2.51. The Morgan fingerprint density at radius 2 is 2.08 bits per heavy atom. The smallest absolute Gasteiger partial charge is 0.167 e. The van der Waals surface area contributed by atoms with E-state index in [2.05, 4.69) is 25.3 Å². The summed E-state index contributed by atoms with van der Waals surface area (Å²) in [4.78, 5) is 16.1. The first kappa shape index (κ1) is 7.85. The molecule has 0 aliphatic rings. The molecule has 5 heteroatoms. The van der Waals surface area contributed by atoms with Crippen molar-refractivity contribution in [2.24, 2.45) is 0 Å². The minimum atomic E-state index is 0.668. The molecular formula is C8H9N5. The van der Waals surface area contributed by atoms with Crippen molar-refractivity contribution in [1.82, 2.24) is 19.9 Å². The number of hydrogen-bond acceptors (Lipinski definition) is 5. The highest BCUT2D eigenvalue weighted by Crippen LogP contribution is 2.14. The van der Waals surface area contributed by atoms with Crippen molar-refractivity contribution >= 4 is 16.9 Å². The zero-order valence-electron chi connectivity index (χ0n) is 7.23. The van der Waals surface area contributed by atoms with Crippen LogP contribution < -0.4 is 5.32 Å². The SMILES string of the molecule is CCNc1ncnc2ncncc12. The Morgan fingerprint density at radius 3 is 2.92 bits per heavy atom. The Bertz CT molecular complexity index is 409. The highest BCUT2D eigenvalue weighted by atomic mass is 15.0. The lowest BCUT2D eigenvalue weighted by Gasteiger charge is -2.03. The number of nitrogens with zero attached hydrogens (tertiary/aromatic N) is 4. The van der Waals surface area contributed by atoms with Crippen LogP contribution in [0, 0.1) is 0 Å². The number of anilines is 1. The van der Waals surface area contributed by atoms with Crippen molar-refractivity contribution in [2.75, 3.05) is 11.9 Å². The van der Waals surface area contributed by atoms with Gasteiger partial charge in [0.15, 0.2) is 5.65 Å². The molecule has 1 N–H and O–H groups in total. The molecule has 0 atom stereocenters. The summed E-state index contributed by atoms with van der Waals surface area (Å²) < 4.78 is 0. The molecular weight excluding hydrogens is 166 g/mol. The molecule has 13 heavy (non-hydrogen) atoms. The van der Waals surface area contributed by atoms with Crippen LogP contribution in [0.2, 0.25) is 0 Å². The molecule has 2 aromatic heterocycles. The van der Waals surface area contributed by atoms with E-state index in [1.165, 1.54) is 12.7 Å². The Labute approximate surface area is 75.3 Å². The molecule has 0 saturated carbocycles. The van der Waals surface area contributed by atoms with Crippen LogP contribution in [-0.2, 0) is 0 Å². The normalized spacial score (nSPS) is 10.2. The minimum Gasteiger partial charge on any atom is -0.370 e. The molecule has 2 heterocycles. The number of hydrogen-bond donors (Lipinski definition) is 1. The summed E-state index contributed by atoms with van der Waals surface area (Å²) in [6.07, 6.45) is 4.68. The number of rotatable bonds is 2. The summed E-state index contributed by atoms with van der Waals surface area (Å²) in [7, 11) is 0. The predicted molar refractivity (Wildman–Crippen MR) is 49.3 cm³/mol. The van der Waals surface area contributed by atoms with Crippen molar-refractivity contribution in [3.63, 3.8) is 0 Å². The summed E-state index contributed by atoms with van der Waals surface area (Å²) in [6.45, 7) is 2.83. The van der Waals surface area contributed by atoms with E-state index in [1.54, 1.807) is 6.20 Å². The highest BCUT2D eigenvalue weighted by Gasteiger charge is 2.01. The van der Waals surface area contributed by atoms with E-state index in [9.17, 15) is 0 Å². The van der Waals surface area contributed by atoms with E-state index in [0.717, 1.165) is 17.7 Å². The van der Waals surface area contributed by atoms with Gasteiger partial charge < -0.3 is 5.32 Å². The quantitative estimate of drug-likeness (QED) is 0.733. The largest absolute Gasteiger partial charge is 0.370 e. The molecule has 0 radical (unpaired) electrons. The van der Waals surface area contributed by atoms with Crippen LogP contribution in [0.3, 0.4) is 0 Å². The summed E-state index contributed by atoms with van der Waals surface area (Å²) in [5.41, 5.74) is 0.668. The third kappa shape index (κ3) is 1.40. The van der Waals surface area contributed by atoms with Crippen molar-refractivity contribution in [3.05, 3.63) is 18.9 Å². The molecule has 2 rings (SSSR count). The van der Waals surface area contributed by atoms with Crippen molar-refractivity contribution in [3.8, 4) is 0 Å². The van der Waals surface area contributed by atoms with Gasteiger partial charge in [-0.2, -0.15) is 0 Å². The molecule has 0 amide bonds. The molecule has 0 aliphatic carbocycles. The van der Waals surface area contributed by atoms with E-state index >= 15 is 0 Å². The Hall–Kier alpha value is -1.78. The van der Waals surface area contributed by atoms with Gasteiger partial charge in [0.25, 0.3) is 0 Å². The first-order valence-corrected chi connectivity index (χ1v) is 4.06. The van der Waals surface area contributed by atoms with Crippen LogP contribution in [0.25, 0.3) is 11.0 Å². The lowest BCUT2D eigenvalue weighted by atomic mass is 10.4. The second-order valence-corrected chi connectivity index (χ2v) is 2.51. The maximum atomic E-state index is 4.09. The van der Waals surface area contributed by atoms with Gasteiger partial charge in [0.1, 0.15) is 18.5 Å². The van der Waals surface area contributed by atoms with Crippen LogP contribution >= 0.6 is 0 Å². The van der Waals surface area contributed by atoms with E-state index in [-0.39, 0.29) is 0 Å². The molecule has 0 fully saturated rings. The monoisotopic (exact) mass is 175 g/mol. The summed E-state index contributed by atoms with van der Waals surface area (Å²) in [5.74, 6) is 0.785. The summed E-state index contributed by atoms with van der Waals surface area (Å²) in [6, 6.07) is 0. The maximum absolute atomic E-state index is 4.09. The van der Waals surface area contributed by atoms with Crippen molar-refractivity contribution in [1.29, 1.82) is 0 Å². The Morgan fingerprint density at radius 1 is 1.23 bits per heavy atom. The first-order chi connectivity index (χ1) is 6.42. The zero-order valence-corrected chi connectivity index (χ0v) is 7.23. The van der Waals surface area contributed by atoms with Gasteiger partial charge in [-0.05, 0) is 6.92 Å². The number of fused-ring (bicyclic) bond motifs is 1. The molecule has 0 aromatic carbocycles. The maximum Gasteiger partial charge on any atom is 0.167 e. The third-order valence-corrected chi connectivity index (χ3v) is 1.66. The Kier molecular flexibility index (Phi) is 1.99. The van der Waals surface area contributed by atoms with E-state index < -0.39 is 0 Å². The van der Waals surface area contributed by atoms with Crippen LogP contribution in [0.1, 0.15) is 6.92 Å². The molecule has 5 nitrogen and oxygen atoms in total. The molecule has 66 valence electrons. The first-order valence-electron chi connectivity index (χ1n) is 4.06. The predicted octanol–water partition coefficient (Wildman–Crippen LogP) is 0.852. The molecule has 2 aromatic rings. The third-order valence-electron chi connectivity index (χ3n) is 1.66. The molecule has 0 aliphatic heterocycles. The molecule has 0 unspecified atom stereocenters. The number of nitrogens with one attached hydrogen (secondary N) is 1. The minimum absolute atomic E-state index is 0.668. The second kappa shape index (κ2) is 3.30. The average Bonchev–Trinajstić information content (AvgIpc) is 2.19. The highest BCUT2D eigenvalue weighted by molar-refractivity contribution is 5.84. The van der Waals surface area contributed by atoms with Crippen molar-refractivity contribution < 1.29 is 0 Å². The van der Waals surface area contributed by atoms with Crippen LogP contribution in [0.5, 0.6) is 0 Å². The van der Waals surface area contributed by atoms with E-state index in [4.69, 9.17) is 0 Å². The summed E-state index contributed by atoms with van der Waals surface area (Å²) >= 11 is 0. The van der Waals surface area contributed by atoms with Gasteiger partial charge in [0, 0.05) is 12.7 Å². The van der Waals surface area contributed by atoms with Gasteiger partial charge in [-0.3, -0.25) is 0 Å². The molecule has 0 spiro atoms. The van der Waals surface area contributed by atoms with Gasteiger partial charge >= 0.3 is 0 Å². The van der Waals surface area contributed by atoms with Gasteiger partial charge in [0.2, 0.25) is 0 Å². The lowest BCUT2D eigenvalue weighted by Crippen LogP contribution is -2.01. The number of aromatic nitrogens is 4. The van der Waals surface area contributed by atoms with Gasteiger partial charge in [0.05, 0.1) is 5.39 Å². The fraction of sp³-hybridized carbons (Fsp3) is 0.250. The van der Waals surface area contributed by atoms with E-state index in [0.29, 0.717) is 5.65 Å². The van der Waals surface area contributed by atoms with Crippen LogP contribution in [0.15, 0.2) is 18.9 Å². The van der Waals surface area contributed by atoms with Gasteiger partial charge in [-0.15, -0.1) is 0 Å². The molecule has 0 saturated heterocycles. The molecule has 0 bridgehead atoms. The van der Waals surface area contributed by atoms with Crippen molar-refractivity contribution in [2.45, 2.75) is 6.92 Å². The van der Waals surface area contributed by atoms with E-state index in [1.807, 2.05) is 6.92 Å². The van der Waals surface area contributed by atoms with Crippen LogP contribution in [0.4, 0.5) is 5.82 Å². The fourth-order valence-corrected chi connectivity index (χ4v) is 1.11. The lowest BCUT2D eigenvalue weighted by molar-refractivity contribution is 1.10. The zero-order chi connectivity index (χ0) is 9.10. The fourth-order valence-electron chi connectivity index (χ4n) is 1.11.